The van der Waals surface area contributed by atoms with Gasteiger partial charge in [0.15, 0.2) is 6.29 Å². The van der Waals surface area contributed by atoms with Crippen molar-refractivity contribution in [2.24, 2.45) is 0 Å². The Hall–Kier alpha value is -1.47. The van der Waals surface area contributed by atoms with E-state index in [0.29, 0.717) is 19.6 Å². The Kier molecular flexibility index (Phi) is 22.7. The van der Waals surface area contributed by atoms with Gasteiger partial charge in [-0.1, -0.05) is 127 Å². The highest BCUT2D eigenvalue weighted by atomic mass is 16.7. The summed E-state index contributed by atoms with van der Waals surface area (Å²) in [5.74, 6) is 0.0603. The molecule has 1 saturated heterocycles. The highest BCUT2D eigenvalue weighted by Gasteiger charge is 2.21. The predicted octanol–water partition coefficient (Wildman–Crippen LogP) is 8.63. The summed E-state index contributed by atoms with van der Waals surface area (Å²) < 4.78 is 18.2. The number of carbonyl (C=O) groups is 1. The van der Waals surface area contributed by atoms with E-state index < -0.39 is 0 Å². The number of amides is 1. The second kappa shape index (κ2) is 26.0. The lowest BCUT2D eigenvalue weighted by Crippen LogP contribution is -2.41. The molecule has 0 bridgehead atoms. The van der Waals surface area contributed by atoms with Gasteiger partial charge in [-0.2, -0.15) is 0 Å². The minimum Gasteiger partial charge on any atom is -0.396 e. The Morgan fingerprint density at radius 1 is 0.881 bits per heavy atom. The molecule has 0 aliphatic carbocycles. The largest absolute Gasteiger partial charge is 0.396 e. The van der Waals surface area contributed by atoms with Gasteiger partial charge in [0.1, 0.15) is 0 Å². The average molecular weight is 590 g/mol. The molecule has 242 valence electrons. The molecule has 2 rings (SSSR count). The normalized spacial score (nSPS) is 16.8. The van der Waals surface area contributed by atoms with Gasteiger partial charge < -0.3 is 24.6 Å². The molecule has 0 aromatic heterocycles. The number of benzene rings is 1. The second-order valence-corrected chi connectivity index (χ2v) is 12.3. The third-order valence-electron chi connectivity index (χ3n) is 8.32. The number of nitrogens with one attached hydrogen (secondary N) is 1. The fourth-order valence-corrected chi connectivity index (χ4v) is 5.68. The van der Waals surface area contributed by atoms with Gasteiger partial charge in [-0.25, -0.2) is 0 Å². The maximum Gasteiger partial charge on any atom is 0.222 e. The molecular weight excluding hydrogens is 526 g/mol. The van der Waals surface area contributed by atoms with Gasteiger partial charge in [0.25, 0.3) is 0 Å². The van der Waals surface area contributed by atoms with Gasteiger partial charge in [-0.3, -0.25) is 4.79 Å². The lowest BCUT2D eigenvalue weighted by atomic mass is 10.0. The van der Waals surface area contributed by atoms with Crippen molar-refractivity contribution >= 4 is 5.91 Å². The van der Waals surface area contributed by atoms with Crippen LogP contribution in [0.4, 0.5) is 0 Å². The van der Waals surface area contributed by atoms with Gasteiger partial charge in [-0.05, 0) is 44.1 Å². The van der Waals surface area contributed by atoms with Crippen LogP contribution in [0.1, 0.15) is 147 Å². The first kappa shape index (κ1) is 36.7. The van der Waals surface area contributed by atoms with Crippen molar-refractivity contribution < 1.29 is 24.1 Å². The molecule has 3 atom stereocenters. The molecule has 1 amide bonds. The van der Waals surface area contributed by atoms with Crippen LogP contribution in [-0.2, 0) is 25.6 Å². The number of unbranched alkanes of at least 4 members (excludes halogenated alkanes) is 13. The van der Waals surface area contributed by atoms with Crippen molar-refractivity contribution in [2.75, 3.05) is 19.8 Å². The number of ether oxygens (including phenoxy) is 3. The summed E-state index contributed by atoms with van der Waals surface area (Å²) in [4.78, 5) is 13.3. The van der Waals surface area contributed by atoms with E-state index in [1.54, 1.807) is 0 Å². The fraction of sp³-hybridized carbons (Fsp3) is 0.806. The van der Waals surface area contributed by atoms with Crippen molar-refractivity contribution in [3.05, 3.63) is 35.9 Å². The van der Waals surface area contributed by atoms with Crippen LogP contribution in [0, 0.1) is 0 Å². The Labute approximate surface area is 257 Å². The Morgan fingerprint density at radius 2 is 1.52 bits per heavy atom. The zero-order chi connectivity index (χ0) is 29.9. The molecule has 0 radical (unpaired) electrons. The maximum atomic E-state index is 13.3. The molecule has 1 aromatic carbocycles. The highest BCUT2D eigenvalue weighted by molar-refractivity contribution is 5.76. The molecule has 1 heterocycles. The van der Waals surface area contributed by atoms with Gasteiger partial charge in [0, 0.05) is 13.2 Å². The van der Waals surface area contributed by atoms with E-state index in [4.69, 9.17) is 19.3 Å². The molecular formula is C36H63NO5. The smallest absolute Gasteiger partial charge is 0.222 e. The SMILES string of the molecule is CCCCCCCCCCC[C@H](CC(=O)NC(CCCCCCCCO)COC1CCCCO1)OCc1ccccc1. The van der Waals surface area contributed by atoms with E-state index in [0.717, 1.165) is 82.8 Å². The van der Waals surface area contributed by atoms with Crippen LogP contribution in [0.25, 0.3) is 0 Å². The number of aliphatic hydroxyl groups is 1. The van der Waals surface area contributed by atoms with Crippen LogP contribution < -0.4 is 5.32 Å². The van der Waals surface area contributed by atoms with Crippen LogP contribution in [-0.4, -0.2) is 49.3 Å². The van der Waals surface area contributed by atoms with Crippen molar-refractivity contribution in [3.8, 4) is 0 Å². The molecule has 42 heavy (non-hydrogen) atoms. The van der Waals surface area contributed by atoms with E-state index in [1.165, 1.54) is 57.8 Å². The minimum atomic E-state index is -0.148. The summed E-state index contributed by atoms with van der Waals surface area (Å²) in [6.45, 7) is 4.34. The Balaban J connectivity index is 1.81. The van der Waals surface area contributed by atoms with Crippen LogP contribution in [0.5, 0.6) is 0 Å². The summed E-state index contributed by atoms with van der Waals surface area (Å²) >= 11 is 0. The summed E-state index contributed by atoms with van der Waals surface area (Å²) in [5.41, 5.74) is 1.15. The van der Waals surface area contributed by atoms with Crippen molar-refractivity contribution in [1.29, 1.82) is 0 Å². The van der Waals surface area contributed by atoms with E-state index in [9.17, 15) is 4.79 Å². The zero-order valence-electron chi connectivity index (χ0n) is 26.9. The van der Waals surface area contributed by atoms with Gasteiger partial charge in [0.2, 0.25) is 5.91 Å². The number of hydrogen-bond donors (Lipinski definition) is 2. The van der Waals surface area contributed by atoms with Crippen molar-refractivity contribution in [2.45, 2.75) is 167 Å². The first-order valence-electron chi connectivity index (χ1n) is 17.5. The van der Waals surface area contributed by atoms with Crippen LogP contribution in [0.15, 0.2) is 30.3 Å². The number of carbonyl (C=O) groups excluding carboxylic acids is 1. The quantitative estimate of drug-likeness (QED) is 0.100. The predicted molar refractivity (Wildman–Crippen MR) is 172 cm³/mol. The second-order valence-electron chi connectivity index (χ2n) is 12.3. The average Bonchev–Trinajstić information content (AvgIpc) is 3.02. The van der Waals surface area contributed by atoms with Crippen molar-refractivity contribution in [3.63, 3.8) is 0 Å². The molecule has 2 N–H and O–H groups in total. The monoisotopic (exact) mass is 589 g/mol. The number of hydrogen-bond acceptors (Lipinski definition) is 5. The number of aliphatic hydroxyl groups excluding tert-OH is 1. The first-order chi connectivity index (χ1) is 20.7. The van der Waals surface area contributed by atoms with Crippen LogP contribution in [0.3, 0.4) is 0 Å². The molecule has 0 spiro atoms. The first-order valence-corrected chi connectivity index (χ1v) is 17.5. The minimum absolute atomic E-state index is 0.0112. The lowest BCUT2D eigenvalue weighted by Gasteiger charge is -2.26. The molecule has 0 saturated carbocycles. The molecule has 6 heteroatoms. The van der Waals surface area contributed by atoms with Gasteiger partial charge in [0.05, 0.1) is 31.8 Å². The highest BCUT2D eigenvalue weighted by Crippen LogP contribution is 2.18. The van der Waals surface area contributed by atoms with Crippen molar-refractivity contribution in [1.82, 2.24) is 5.32 Å². The maximum absolute atomic E-state index is 13.3. The zero-order valence-corrected chi connectivity index (χ0v) is 26.9. The summed E-state index contributed by atoms with van der Waals surface area (Å²) in [6.07, 6.45) is 23.3. The fourth-order valence-electron chi connectivity index (χ4n) is 5.68. The summed E-state index contributed by atoms with van der Waals surface area (Å²) in [6, 6.07) is 10.2. The van der Waals surface area contributed by atoms with Crippen LogP contribution in [0.2, 0.25) is 0 Å². The third kappa shape index (κ3) is 19.7. The summed E-state index contributed by atoms with van der Waals surface area (Å²) in [5, 5.41) is 12.3. The molecule has 2 unspecified atom stereocenters. The van der Waals surface area contributed by atoms with E-state index in [-0.39, 0.29) is 30.9 Å². The third-order valence-corrected chi connectivity index (χ3v) is 8.32. The van der Waals surface area contributed by atoms with Gasteiger partial charge >= 0.3 is 0 Å². The lowest BCUT2D eigenvalue weighted by molar-refractivity contribution is -0.167. The van der Waals surface area contributed by atoms with E-state index >= 15 is 0 Å². The van der Waals surface area contributed by atoms with Gasteiger partial charge in [-0.15, -0.1) is 0 Å². The molecule has 1 fully saturated rings. The number of rotatable bonds is 27. The van der Waals surface area contributed by atoms with E-state index in [1.807, 2.05) is 18.2 Å². The Bertz CT molecular complexity index is 740. The molecule has 1 aromatic rings. The molecule has 6 nitrogen and oxygen atoms in total. The van der Waals surface area contributed by atoms with E-state index in [2.05, 4.69) is 24.4 Å². The summed E-state index contributed by atoms with van der Waals surface area (Å²) in [7, 11) is 0. The molecule has 1 aliphatic rings. The Morgan fingerprint density at radius 3 is 2.17 bits per heavy atom. The topological polar surface area (TPSA) is 77.0 Å². The molecule has 1 aliphatic heterocycles. The standard InChI is InChI=1S/C36H63NO5/c1-2-3-4-5-6-7-8-12-18-25-34(41-30-32-22-15-14-16-23-32)29-35(39)37-33(24-17-11-9-10-13-20-27-38)31-42-36-26-19-21-28-40-36/h14-16,22-23,33-34,36,38H,2-13,17-21,24-31H2,1H3,(H,37,39)/t33?,34-,36?/m1/s1. The van der Waals surface area contributed by atoms with Crippen LogP contribution >= 0.6 is 0 Å².